The number of carbonyl (C=O) groups is 2. The molecule has 0 aliphatic carbocycles. The van der Waals surface area contributed by atoms with Gasteiger partial charge in [0.15, 0.2) is 75.6 Å². The minimum absolute atomic E-state index is 0.00120. The molecule has 0 bridgehead atoms. The van der Waals surface area contributed by atoms with Crippen LogP contribution < -0.4 is 37.8 Å². The van der Waals surface area contributed by atoms with Crippen molar-refractivity contribution in [3.05, 3.63) is 243 Å². The number of hydrogen-bond donors (Lipinski definition) is 0. The molecule has 76 heavy (non-hydrogen) atoms. The Kier molecular flexibility index (Phi) is 15.8. The molecule has 0 aliphatic rings. The summed E-state index contributed by atoms with van der Waals surface area (Å²) < 4.78 is 294. The first-order valence-electron chi connectivity index (χ1n) is 21.2. The molecule has 0 heterocycles. The summed E-state index contributed by atoms with van der Waals surface area (Å²) in [5.74, 6) is -71.3. The van der Waals surface area contributed by atoms with E-state index >= 15 is 35.1 Å². The summed E-state index contributed by atoms with van der Waals surface area (Å²) in [4.78, 5) is 25.2. The van der Waals surface area contributed by atoms with Gasteiger partial charge in [0.2, 0.25) is 5.78 Å². The molecule has 0 atom stereocenters. The zero-order chi connectivity index (χ0) is 56.0. The van der Waals surface area contributed by atoms with Crippen molar-refractivity contribution in [1.29, 1.82) is 0 Å². The highest BCUT2D eigenvalue weighted by Gasteiger charge is 2.53. The van der Waals surface area contributed by atoms with E-state index in [4.69, 9.17) is 0 Å². The molecule has 0 N–H and O–H groups in total. The van der Waals surface area contributed by atoms with E-state index in [1.54, 1.807) is 24.3 Å². The van der Waals surface area contributed by atoms with Crippen LogP contribution in [0.1, 0.15) is 27.6 Å². The maximum atomic E-state index is 15.4. The van der Waals surface area contributed by atoms with E-state index in [9.17, 15) is 62.3 Å². The van der Waals surface area contributed by atoms with Crippen LogP contribution in [0.2, 0.25) is 0 Å². The average molecular weight is 1100 g/mol. The van der Waals surface area contributed by atoms with Gasteiger partial charge in [-0.3, -0.25) is 9.59 Å². The van der Waals surface area contributed by atoms with Gasteiger partial charge in [-0.25, -0.2) is 87.8 Å². The van der Waals surface area contributed by atoms with Crippen molar-refractivity contribution in [3.63, 3.8) is 0 Å². The second-order valence-electron chi connectivity index (χ2n) is 16.3. The van der Waals surface area contributed by atoms with Crippen molar-refractivity contribution in [2.75, 3.05) is 6.16 Å². The molecule has 0 saturated heterocycles. The van der Waals surface area contributed by atoms with Crippen LogP contribution in [-0.4, -0.2) is 23.9 Å². The zero-order valence-corrected chi connectivity index (χ0v) is 38.5. The van der Waals surface area contributed by atoms with E-state index in [0.717, 1.165) is 0 Å². The lowest BCUT2D eigenvalue weighted by atomic mass is 9.12. The molecule has 8 rings (SSSR count). The highest BCUT2D eigenvalue weighted by atomic mass is 31.2. The van der Waals surface area contributed by atoms with Crippen LogP contribution in [0.4, 0.5) is 87.8 Å². The largest absolute Gasteiger partial charge is 0.295 e. The van der Waals surface area contributed by atoms with Crippen LogP contribution in [-0.2, 0) is 0 Å². The molecule has 0 aliphatic heterocycles. The topological polar surface area (TPSA) is 34.1 Å². The molecule has 0 spiro atoms. The molecule has 0 unspecified atom stereocenters. The summed E-state index contributed by atoms with van der Waals surface area (Å²) in [5, 5.41) is 3.54. The smallest absolute Gasteiger partial charge is 0.201 e. The molecule has 392 valence electrons. The maximum absolute atomic E-state index is 15.4. The second-order valence-corrected chi connectivity index (χ2v) is 19.8. The van der Waals surface area contributed by atoms with Gasteiger partial charge in [0.1, 0.15) is 82.0 Å². The van der Waals surface area contributed by atoms with Crippen LogP contribution in [0.5, 0.6) is 0 Å². The molecular formula is C52H24BF20O2P. The highest BCUT2D eigenvalue weighted by molar-refractivity contribution is 7.96. The average Bonchev–Trinajstić information content (AvgIpc) is 3.43. The lowest BCUT2D eigenvalue weighted by Crippen LogP contribution is -2.81. The van der Waals surface area contributed by atoms with Crippen molar-refractivity contribution in [3.8, 4) is 0 Å². The Bertz CT molecular complexity index is 3130. The third-order valence-corrected chi connectivity index (χ3v) is 16.6. The number of hydrogen-bond acceptors (Lipinski definition) is 2. The quantitative estimate of drug-likeness (QED) is 0.0323. The normalized spacial score (nSPS) is 11.6. The monoisotopic (exact) mass is 1100 g/mol. The Morgan fingerprint density at radius 2 is 0.500 bits per heavy atom. The van der Waals surface area contributed by atoms with E-state index in [2.05, 4.69) is 36.4 Å². The first-order chi connectivity index (χ1) is 35.8. The first kappa shape index (κ1) is 55.9. The van der Waals surface area contributed by atoms with Crippen molar-refractivity contribution in [2.24, 2.45) is 0 Å². The van der Waals surface area contributed by atoms with Gasteiger partial charge in [-0.1, -0.05) is 78.9 Å². The van der Waals surface area contributed by atoms with E-state index < -0.39 is 152 Å². The van der Waals surface area contributed by atoms with Gasteiger partial charge in [-0.2, -0.15) is 0 Å². The number of benzene rings is 8. The minimum atomic E-state index is -7.22. The number of Topliss-reactive ketones (excluding diaryl/α,β-unsaturated/α-hetero) is 2. The molecule has 0 radical (unpaired) electrons. The molecule has 0 amide bonds. The minimum Gasteiger partial charge on any atom is -0.295 e. The molecule has 0 aromatic heterocycles. The lowest BCUT2D eigenvalue weighted by Gasteiger charge is -2.44. The third kappa shape index (κ3) is 8.96. The highest BCUT2D eigenvalue weighted by Crippen LogP contribution is 2.55. The van der Waals surface area contributed by atoms with Crippen LogP contribution in [0.3, 0.4) is 0 Å². The molecular weight excluding hydrogens is 1080 g/mol. The summed E-state index contributed by atoms with van der Waals surface area (Å²) in [6.07, 6.45) is -6.82. The van der Waals surface area contributed by atoms with E-state index in [-0.39, 0.29) is 11.6 Å². The molecule has 8 aromatic carbocycles. The standard InChI is InChI=1S/C28H24O2P.C24BF20/c1-22(29)23-17-19-24(20-18-23)28(30)21-31(25-11-5-2-6-12-25,26-13-7-3-8-14-26)27-15-9-4-10-16-27;26-5-1(6(27)14(35)21(42)13(5)34)25(2-7(28)15(36)22(43)16(37)8(2)29,3-9(30)17(38)23(44)18(39)10(3)31)4-11(32)19(40)24(45)20(41)12(4)33/h2-20H,21H2,1H3;/q+1;-1. The predicted octanol–water partition coefficient (Wildman–Crippen LogP) is 10.9. The van der Waals surface area contributed by atoms with E-state index in [1.165, 1.54) is 22.8 Å². The molecule has 2 nitrogen and oxygen atoms in total. The van der Waals surface area contributed by atoms with Gasteiger partial charge in [0.05, 0.1) is 0 Å². The van der Waals surface area contributed by atoms with Crippen molar-refractivity contribution in [2.45, 2.75) is 6.92 Å². The van der Waals surface area contributed by atoms with Gasteiger partial charge in [0.25, 0.3) is 0 Å². The third-order valence-electron chi connectivity index (χ3n) is 12.3. The first-order valence-corrected chi connectivity index (χ1v) is 23.2. The zero-order valence-electron chi connectivity index (χ0n) is 37.6. The van der Waals surface area contributed by atoms with Gasteiger partial charge in [0, 0.05) is 11.1 Å². The summed E-state index contributed by atoms with van der Waals surface area (Å²) in [7, 11) is -2.22. The van der Waals surface area contributed by atoms with Crippen LogP contribution in [0.25, 0.3) is 0 Å². The fourth-order valence-electron chi connectivity index (χ4n) is 8.84. The Hall–Kier alpha value is -7.81. The van der Waals surface area contributed by atoms with Gasteiger partial charge in [-0.15, -0.1) is 21.9 Å². The fraction of sp³-hybridized carbons (Fsp3) is 0.0385. The SMILES string of the molecule is CC(=O)c1ccc(C(=O)C[P+](c2ccccc2)(c2ccccc2)c2ccccc2)cc1.Fc1c(F)c(F)c([B-](c2c(F)c(F)c(F)c(F)c2F)(c2c(F)c(F)c(F)c(F)c2F)c2c(F)c(F)c(F)c(F)c2F)c(F)c1F. The van der Waals surface area contributed by atoms with Gasteiger partial charge < -0.3 is 0 Å². The number of carbonyl (C=O) groups excluding carboxylic acids is 2. The fourth-order valence-corrected chi connectivity index (χ4v) is 12.9. The summed E-state index contributed by atoms with van der Waals surface area (Å²) in [6.45, 7) is 1.54. The van der Waals surface area contributed by atoms with Crippen LogP contribution in [0, 0.1) is 116 Å². The Morgan fingerprint density at radius 3 is 0.711 bits per heavy atom. The van der Waals surface area contributed by atoms with Crippen molar-refractivity contribution < 1.29 is 97.4 Å². The number of ketones is 2. The Labute approximate surface area is 415 Å². The van der Waals surface area contributed by atoms with Crippen LogP contribution >= 0.6 is 7.26 Å². The molecule has 0 saturated carbocycles. The van der Waals surface area contributed by atoms with Crippen molar-refractivity contribution >= 4 is 62.7 Å². The maximum Gasteiger partial charge on any atom is 0.201 e. The summed E-state index contributed by atoms with van der Waals surface area (Å²) >= 11 is 0. The summed E-state index contributed by atoms with van der Waals surface area (Å²) in [5.41, 5.74) is -13.1. The Morgan fingerprint density at radius 1 is 0.303 bits per heavy atom. The molecule has 8 aromatic rings. The predicted molar refractivity (Wildman–Crippen MR) is 240 cm³/mol. The van der Waals surface area contributed by atoms with E-state index in [1.807, 2.05) is 54.6 Å². The van der Waals surface area contributed by atoms with E-state index in [0.29, 0.717) is 17.3 Å². The van der Waals surface area contributed by atoms with Gasteiger partial charge >= 0.3 is 0 Å². The lowest BCUT2D eigenvalue weighted by molar-refractivity contribution is 0.100. The molecule has 24 heteroatoms. The number of rotatable bonds is 11. The number of halogens is 20. The van der Waals surface area contributed by atoms with Gasteiger partial charge in [-0.05, 0) is 43.3 Å². The van der Waals surface area contributed by atoms with Crippen molar-refractivity contribution in [1.82, 2.24) is 0 Å². The van der Waals surface area contributed by atoms with Crippen LogP contribution in [0.15, 0.2) is 115 Å². The Balaban J connectivity index is 0.000000236. The molecule has 0 fully saturated rings. The second kappa shape index (κ2) is 21.4. The summed E-state index contributed by atoms with van der Waals surface area (Å²) in [6, 6.07) is 38.2.